The van der Waals surface area contributed by atoms with Gasteiger partial charge in [0.1, 0.15) is 17.7 Å². The second-order valence-electron chi connectivity index (χ2n) is 9.69. The number of hydrogen-bond donors (Lipinski definition) is 2. The molecule has 0 bridgehead atoms. The monoisotopic (exact) mass is 568 g/mol. The maximum absolute atomic E-state index is 14.1. The minimum absolute atomic E-state index is 0.0847. The highest BCUT2D eigenvalue weighted by atomic mass is 19.1. The zero-order valence-electron chi connectivity index (χ0n) is 22.5. The molecular weight excluding hydrogens is 542 g/mol. The Bertz CT molecular complexity index is 1550. The van der Waals surface area contributed by atoms with Gasteiger partial charge in [0.25, 0.3) is 11.8 Å². The fraction of sp³-hybridized carbons (Fsp3) is 0.125. The van der Waals surface area contributed by atoms with Crippen molar-refractivity contribution < 1.29 is 28.0 Å². The molecule has 4 aromatic rings. The first kappa shape index (κ1) is 28.2. The largest absolute Gasteiger partial charge is 0.344 e. The second-order valence-corrected chi connectivity index (χ2v) is 9.69. The van der Waals surface area contributed by atoms with Gasteiger partial charge < -0.3 is 10.6 Å². The molecule has 8 nitrogen and oxygen atoms in total. The quantitative estimate of drug-likeness (QED) is 0.320. The molecule has 0 spiro atoms. The summed E-state index contributed by atoms with van der Waals surface area (Å²) in [7, 11) is 0. The van der Waals surface area contributed by atoms with E-state index < -0.39 is 47.3 Å². The average Bonchev–Trinajstić information content (AvgIpc) is 3.05. The van der Waals surface area contributed by atoms with Crippen molar-refractivity contribution in [2.24, 2.45) is 0 Å². The van der Waals surface area contributed by atoms with E-state index in [4.69, 9.17) is 0 Å². The summed E-state index contributed by atoms with van der Waals surface area (Å²) < 4.78 is 27.1. The molecule has 0 saturated heterocycles. The molecule has 0 saturated carbocycles. The summed E-state index contributed by atoms with van der Waals surface area (Å²) in [6.45, 7) is 1.38. The van der Waals surface area contributed by atoms with Crippen molar-refractivity contribution in [3.63, 3.8) is 0 Å². The van der Waals surface area contributed by atoms with Crippen LogP contribution in [-0.2, 0) is 25.6 Å². The number of amides is 4. The van der Waals surface area contributed by atoms with Gasteiger partial charge in [0.05, 0.1) is 17.8 Å². The number of rotatable bonds is 7. The van der Waals surface area contributed by atoms with Crippen LogP contribution in [-0.4, -0.2) is 35.7 Å². The normalized spacial score (nSPS) is 14.2. The SMILES string of the molecule is CC(NC(=O)Cc1cc(F)cc(F)c1)C(=O)NC1C(=O)N(c2ccccc2)c2ccccc2N(c2ccccc2)C1=O. The number of benzene rings is 4. The molecule has 4 aromatic carbocycles. The first-order valence-corrected chi connectivity index (χ1v) is 13.1. The van der Waals surface area contributed by atoms with Crippen molar-refractivity contribution in [3.05, 3.63) is 120 Å². The van der Waals surface area contributed by atoms with E-state index in [2.05, 4.69) is 10.6 Å². The maximum atomic E-state index is 14.1. The molecule has 0 aliphatic carbocycles. The molecule has 1 aliphatic heterocycles. The topological polar surface area (TPSA) is 98.8 Å². The number of anilines is 4. The number of carbonyl (C=O) groups is 4. The van der Waals surface area contributed by atoms with Crippen LogP contribution in [0, 0.1) is 11.6 Å². The van der Waals surface area contributed by atoms with Gasteiger partial charge in [-0.3, -0.25) is 29.0 Å². The highest BCUT2D eigenvalue weighted by Crippen LogP contribution is 2.41. The molecule has 0 fully saturated rings. The smallest absolute Gasteiger partial charge is 0.264 e. The van der Waals surface area contributed by atoms with E-state index in [-0.39, 0.29) is 12.0 Å². The summed E-state index contributed by atoms with van der Waals surface area (Å²) in [4.78, 5) is 56.8. The molecule has 212 valence electrons. The van der Waals surface area contributed by atoms with Gasteiger partial charge in [-0.15, -0.1) is 0 Å². The van der Waals surface area contributed by atoms with Crippen LogP contribution < -0.4 is 20.4 Å². The second kappa shape index (κ2) is 12.0. The Morgan fingerprint density at radius 3 is 1.67 bits per heavy atom. The fourth-order valence-electron chi connectivity index (χ4n) is 4.78. The van der Waals surface area contributed by atoms with Crippen LogP contribution >= 0.6 is 0 Å². The predicted octanol–water partition coefficient (Wildman–Crippen LogP) is 4.54. The van der Waals surface area contributed by atoms with Crippen LogP contribution in [0.4, 0.5) is 31.5 Å². The molecular formula is C32H26F2N4O4. The number of hydrogen-bond acceptors (Lipinski definition) is 4. The number of fused-ring (bicyclic) bond motifs is 1. The Balaban J connectivity index is 1.45. The van der Waals surface area contributed by atoms with Crippen LogP contribution in [0.3, 0.4) is 0 Å². The molecule has 4 amide bonds. The summed E-state index contributed by atoms with van der Waals surface area (Å²) in [6, 6.07) is 24.3. The van der Waals surface area contributed by atoms with Crippen LogP contribution in [0.15, 0.2) is 103 Å². The Kier molecular flexibility index (Phi) is 8.05. The van der Waals surface area contributed by atoms with Gasteiger partial charge in [-0.05, 0) is 61.0 Å². The van der Waals surface area contributed by atoms with Crippen molar-refractivity contribution in [1.82, 2.24) is 10.6 Å². The summed E-state index contributed by atoms with van der Waals surface area (Å²) in [5, 5.41) is 4.98. The molecule has 0 radical (unpaired) electrons. The van der Waals surface area contributed by atoms with Crippen molar-refractivity contribution in [2.45, 2.75) is 25.4 Å². The highest BCUT2D eigenvalue weighted by molar-refractivity contribution is 6.25. The van der Waals surface area contributed by atoms with Gasteiger partial charge in [-0.1, -0.05) is 48.5 Å². The molecule has 2 N–H and O–H groups in total. The number of nitrogens with zero attached hydrogens (tertiary/aromatic N) is 2. The lowest BCUT2D eigenvalue weighted by atomic mass is 10.1. The standard InChI is InChI=1S/C32H26F2N4O4/c1-20(35-28(39)18-21-16-22(33)19-23(34)17-21)30(40)36-29-31(41)37(24-10-4-2-5-11-24)26-14-8-9-15-27(26)38(32(29)42)25-12-6-3-7-13-25/h2-17,19-20,29H,18H2,1H3,(H,35,39)(H,36,40). The Labute approximate surface area is 240 Å². The predicted molar refractivity (Wildman–Crippen MR) is 153 cm³/mol. The molecule has 10 heteroatoms. The summed E-state index contributed by atoms with van der Waals surface area (Å²) in [6.07, 6.45) is -0.382. The van der Waals surface area contributed by atoms with Gasteiger partial charge in [0.2, 0.25) is 11.8 Å². The molecule has 1 aliphatic rings. The van der Waals surface area contributed by atoms with Gasteiger partial charge in [-0.2, -0.15) is 0 Å². The van der Waals surface area contributed by atoms with E-state index >= 15 is 0 Å². The molecule has 1 heterocycles. The molecule has 0 aromatic heterocycles. The van der Waals surface area contributed by atoms with E-state index in [0.717, 1.165) is 12.1 Å². The van der Waals surface area contributed by atoms with Gasteiger partial charge in [0.15, 0.2) is 6.04 Å². The molecule has 5 rings (SSSR count). The van der Waals surface area contributed by atoms with Crippen LogP contribution in [0.1, 0.15) is 12.5 Å². The van der Waals surface area contributed by atoms with Crippen molar-refractivity contribution in [3.8, 4) is 0 Å². The third-order valence-electron chi connectivity index (χ3n) is 6.67. The summed E-state index contributed by atoms with van der Waals surface area (Å²) in [5.74, 6) is -4.53. The lowest BCUT2D eigenvalue weighted by Gasteiger charge is -2.25. The van der Waals surface area contributed by atoms with E-state index in [9.17, 15) is 28.0 Å². The van der Waals surface area contributed by atoms with Gasteiger partial charge in [-0.25, -0.2) is 8.78 Å². The van der Waals surface area contributed by atoms with Gasteiger partial charge in [0, 0.05) is 17.4 Å². The third kappa shape index (κ3) is 5.87. The van der Waals surface area contributed by atoms with Crippen molar-refractivity contribution in [1.29, 1.82) is 0 Å². The van der Waals surface area contributed by atoms with Crippen LogP contribution in [0.25, 0.3) is 0 Å². The third-order valence-corrected chi connectivity index (χ3v) is 6.67. The molecule has 1 atom stereocenters. The van der Waals surface area contributed by atoms with E-state index in [1.165, 1.54) is 16.7 Å². The van der Waals surface area contributed by atoms with Crippen LogP contribution in [0.5, 0.6) is 0 Å². The fourth-order valence-corrected chi connectivity index (χ4v) is 4.78. The van der Waals surface area contributed by atoms with E-state index in [1.807, 2.05) is 0 Å². The van der Waals surface area contributed by atoms with Crippen molar-refractivity contribution >= 4 is 46.4 Å². The summed E-state index contributed by atoms with van der Waals surface area (Å²) in [5.41, 5.74) is 1.93. The Morgan fingerprint density at radius 1 is 0.738 bits per heavy atom. The number of para-hydroxylation sites is 4. The van der Waals surface area contributed by atoms with Gasteiger partial charge >= 0.3 is 0 Å². The minimum atomic E-state index is -1.65. The van der Waals surface area contributed by atoms with E-state index in [1.54, 1.807) is 84.9 Å². The lowest BCUT2D eigenvalue weighted by Crippen LogP contribution is -2.57. The first-order valence-electron chi connectivity index (χ1n) is 13.1. The van der Waals surface area contributed by atoms with Crippen LogP contribution in [0.2, 0.25) is 0 Å². The number of halogens is 2. The van der Waals surface area contributed by atoms with Crippen molar-refractivity contribution in [2.75, 3.05) is 9.80 Å². The summed E-state index contributed by atoms with van der Waals surface area (Å²) >= 11 is 0. The zero-order valence-corrected chi connectivity index (χ0v) is 22.5. The molecule has 42 heavy (non-hydrogen) atoms. The maximum Gasteiger partial charge on any atom is 0.264 e. The first-order chi connectivity index (χ1) is 20.2. The average molecular weight is 569 g/mol. The Morgan fingerprint density at radius 2 is 1.19 bits per heavy atom. The number of nitrogens with one attached hydrogen (secondary N) is 2. The number of carbonyl (C=O) groups excluding carboxylic acids is 4. The lowest BCUT2D eigenvalue weighted by molar-refractivity contribution is -0.134. The zero-order chi connectivity index (χ0) is 29.8. The highest BCUT2D eigenvalue weighted by Gasteiger charge is 2.43. The minimum Gasteiger partial charge on any atom is -0.344 e. The Hall–Kier alpha value is -5.38. The van der Waals surface area contributed by atoms with E-state index in [0.29, 0.717) is 28.8 Å². The molecule has 1 unspecified atom stereocenters.